The smallest absolute Gasteiger partial charge is 0.134 e. The molecule has 0 bridgehead atoms. The molecule has 0 aliphatic heterocycles. The summed E-state index contributed by atoms with van der Waals surface area (Å²) in [4.78, 5) is 2.29. The Hall–Kier alpha value is -1.76. The maximum absolute atomic E-state index is 5.98. The summed E-state index contributed by atoms with van der Waals surface area (Å²) in [5, 5.41) is 1.12. The predicted octanol–water partition coefficient (Wildman–Crippen LogP) is 2.74. The Labute approximate surface area is 119 Å². The van der Waals surface area contributed by atoms with E-state index in [-0.39, 0.29) is 0 Å². The molecule has 0 saturated heterocycles. The minimum absolute atomic E-state index is 0.500. The molecule has 20 heavy (non-hydrogen) atoms. The molecule has 0 amide bonds. The Morgan fingerprint density at radius 2 is 2.15 bits per heavy atom. The first-order valence-electron chi connectivity index (χ1n) is 7.17. The lowest BCUT2D eigenvalue weighted by Gasteiger charge is -2.18. The maximum atomic E-state index is 5.98. The molecule has 1 fully saturated rings. The van der Waals surface area contributed by atoms with Gasteiger partial charge in [0.2, 0.25) is 0 Å². The summed E-state index contributed by atoms with van der Waals surface area (Å²) in [5.74, 6) is 4.52. The number of hydrogen-bond acceptors (Lipinski definition) is 3. The molecule has 3 rings (SSSR count). The Bertz CT molecular complexity index is 634. The van der Waals surface area contributed by atoms with Crippen LogP contribution in [0.5, 0.6) is 0 Å². The minimum atomic E-state index is 0.500. The Balaban J connectivity index is 1.86. The van der Waals surface area contributed by atoms with Crippen molar-refractivity contribution in [3.8, 4) is 12.3 Å². The highest BCUT2D eigenvalue weighted by molar-refractivity contribution is 5.82. The Morgan fingerprint density at radius 1 is 1.35 bits per heavy atom. The monoisotopic (exact) mass is 268 g/mol. The van der Waals surface area contributed by atoms with Crippen molar-refractivity contribution in [1.82, 2.24) is 4.90 Å². The van der Waals surface area contributed by atoms with E-state index in [1.54, 1.807) is 0 Å². The number of benzene rings is 1. The quantitative estimate of drug-likeness (QED) is 0.819. The molecule has 104 valence electrons. The van der Waals surface area contributed by atoms with Gasteiger partial charge < -0.3 is 10.2 Å². The normalized spacial score (nSPS) is 14.8. The van der Waals surface area contributed by atoms with Gasteiger partial charge in [0.15, 0.2) is 0 Å². The number of nitrogens with zero attached hydrogens (tertiary/aromatic N) is 1. The maximum Gasteiger partial charge on any atom is 0.134 e. The van der Waals surface area contributed by atoms with Crippen LogP contribution in [0, 0.1) is 18.3 Å². The number of para-hydroxylation sites is 1. The SMILES string of the molecule is C#CCN(Cc1oc2ccccc2c1CN)CC1CC1. The van der Waals surface area contributed by atoms with Gasteiger partial charge in [0, 0.05) is 24.0 Å². The second-order valence-corrected chi connectivity index (χ2v) is 5.52. The third-order valence-electron chi connectivity index (χ3n) is 3.88. The average Bonchev–Trinajstić information content (AvgIpc) is 3.19. The van der Waals surface area contributed by atoms with Crippen molar-refractivity contribution in [3.05, 3.63) is 35.6 Å². The molecule has 2 aromatic rings. The first-order chi connectivity index (χ1) is 9.81. The zero-order valence-corrected chi connectivity index (χ0v) is 11.6. The van der Waals surface area contributed by atoms with E-state index in [4.69, 9.17) is 16.6 Å². The molecule has 3 nitrogen and oxygen atoms in total. The van der Waals surface area contributed by atoms with Crippen LogP contribution in [0.4, 0.5) is 0 Å². The lowest BCUT2D eigenvalue weighted by molar-refractivity contribution is 0.263. The van der Waals surface area contributed by atoms with Gasteiger partial charge in [-0.25, -0.2) is 0 Å². The minimum Gasteiger partial charge on any atom is -0.459 e. The van der Waals surface area contributed by atoms with Crippen LogP contribution in [0.1, 0.15) is 24.2 Å². The van der Waals surface area contributed by atoms with Crippen molar-refractivity contribution in [2.75, 3.05) is 13.1 Å². The molecule has 0 unspecified atom stereocenters. The zero-order chi connectivity index (χ0) is 13.9. The molecule has 0 spiro atoms. The fourth-order valence-corrected chi connectivity index (χ4v) is 2.68. The third kappa shape index (κ3) is 2.72. The van der Waals surface area contributed by atoms with E-state index in [1.165, 1.54) is 12.8 Å². The molecule has 0 atom stereocenters. The van der Waals surface area contributed by atoms with E-state index >= 15 is 0 Å². The number of hydrogen-bond donors (Lipinski definition) is 1. The van der Waals surface area contributed by atoms with Gasteiger partial charge in [0.25, 0.3) is 0 Å². The van der Waals surface area contributed by atoms with Gasteiger partial charge in [-0.15, -0.1) is 6.42 Å². The Kier molecular flexibility index (Phi) is 3.77. The van der Waals surface area contributed by atoms with Gasteiger partial charge in [-0.1, -0.05) is 24.1 Å². The molecular formula is C17H20N2O. The van der Waals surface area contributed by atoms with Crippen LogP contribution in [-0.2, 0) is 13.1 Å². The van der Waals surface area contributed by atoms with Crippen LogP contribution < -0.4 is 5.73 Å². The number of nitrogens with two attached hydrogens (primary N) is 1. The second-order valence-electron chi connectivity index (χ2n) is 5.52. The summed E-state index contributed by atoms with van der Waals surface area (Å²) >= 11 is 0. The molecule has 1 aliphatic rings. The number of furan rings is 1. The molecule has 1 heterocycles. The average molecular weight is 268 g/mol. The summed E-state index contributed by atoms with van der Waals surface area (Å²) in [5.41, 5.74) is 7.93. The molecular weight excluding hydrogens is 248 g/mol. The van der Waals surface area contributed by atoms with Gasteiger partial charge in [0.05, 0.1) is 13.1 Å². The lowest BCUT2D eigenvalue weighted by Crippen LogP contribution is -2.26. The zero-order valence-electron chi connectivity index (χ0n) is 11.6. The van der Waals surface area contributed by atoms with Crippen LogP contribution in [0.3, 0.4) is 0 Å². The van der Waals surface area contributed by atoms with Gasteiger partial charge in [0.1, 0.15) is 11.3 Å². The van der Waals surface area contributed by atoms with Crippen molar-refractivity contribution in [2.45, 2.75) is 25.9 Å². The van der Waals surface area contributed by atoms with Crippen molar-refractivity contribution < 1.29 is 4.42 Å². The summed E-state index contributed by atoms with van der Waals surface area (Å²) in [6, 6.07) is 8.06. The highest BCUT2D eigenvalue weighted by Crippen LogP contribution is 2.31. The van der Waals surface area contributed by atoms with Gasteiger partial charge >= 0.3 is 0 Å². The predicted molar refractivity (Wildman–Crippen MR) is 80.9 cm³/mol. The molecule has 1 aliphatic carbocycles. The van der Waals surface area contributed by atoms with E-state index in [0.29, 0.717) is 13.1 Å². The van der Waals surface area contributed by atoms with Crippen LogP contribution in [-0.4, -0.2) is 18.0 Å². The van der Waals surface area contributed by atoms with E-state index in [1.807, 2.05) is 18.2 Å². The number of terminal acetylenes is 1. The van der Waals surface area contributed by atoms with Gasteiger partial charge in [-0.05, 0) is 24.8 Å². The van der Waals surface area contributed by atoms with E-state index in [9.17, 15) is 0 Å². The fraction of sp³-hybridized carbons (Fsp3) is 0.412. The first-order valence-corrected chi connectivity index (χ1v) is 7.17. The molecule has 1 aromatic carbocycles. The van der Waals surface area contributed by atoms with E-state index in [0.717, 1.165) is 41.3 Å². The lowest BCUT2D eigenvalue weighted by atomic mass is 10.1. The molecule has 2 N–H and O–H groups in total. The van der Waals surface area contributed by atoms with Gasteiger partial charge in [-0.3, -0.25) is 4.90 Å². The summed E-state index contributed by atoms with van der Waals surface area (Å²) in [7, 11) is 0. The molecule has 1 saturated carbocycles. The number of rotatable bonds is 6. The molecule has 0 radical (unpaired) electrons. The van der Waals surface area contributed by atoms with Crippen molar-refractivity contribution in [2.24, 2.45) is 11.7 Å². The second kappa shape index (κ2) is 5.70. The standard InChI is InChI=1S/C17H20N2O/c1-2-9-19(11-13-7-8-13)12-17-15(10-18)14-5-3-4-6-16(14)20-17/h1,3-6,13H,7-12,18H2. The molecule has 3 heteroatoms. The van der Waals surface area contributed by atoms with Crippen molar-refractivity contribution in [1.29, 1.82) is 0 Å². The highest BCUT2D eigenvalue weighted by atomic mass is 16.3. The van der Waals surface area contributed by atoms with Crippen molar-refractivity contribution >= 4 is 11.0 Å². The summed E-state index contributed by atoms with van der Waals surface area (Å²) in [6.45, 7) is 2.98. The van der Waals surface area contributed by atoms with Gasteiger partial charge in [-0.2, -0.15) is 0 Å². The largest absolute Gasteiger partial charge is 0.459 e. The summed E-state index contributed by atoms with van der Waals surface area (Å²) in [6.07, 6.45) is 8.13. The Morgan fingerprint density at radius 3 is 2.85 bits per heavy atom. The van der Waals surface area contributed by atoms with Crippen LogP contribution >= 0.6 is 0 Å². The highest BCUT2D eigenvalue weighted by Gasteiger charge is 2.25. The summed E-state index contributed by atoms with van der Waals surface area (Å²) < 4.78 is 5.98. The van der Waals surface area contributed by atoms with Crippen LogP contribution in [0.2, 0.25) is 0 Å². The molecule has 1 aromatic heterocycles. The van der Waals surface area contributed by atoms with E-state index < -0.39 is 0 Å². The first kappa shape index (κ1) is 13.2. The van der Waals surface area contributed by atoms with Crippen molar-refractivity contribution in [3.63, 3.8) is 0 Å². The third-order valence-corrected chi connectivity index (χ3v) is 3.88. The van der Waals surface area contributed by atoms with Crippen LogP contribution in [0.25, 0.3) is 11.0 Å². The fourth-order valence-electron chi connectivity index (χ4n) is 2.68. The van der Waals surface area contributed by atoms with E-state index in [2.05, 4.69) is 16.9 Å². The number of fused-ring (bicyclic) bond motifs is 1. The topological polar surface area (TPSA) is 42.4 Å². The van der Waals surface area contributed by atoms with Crippen LogP contribution in [0.15, 0.2) is 28.7 Å².